The van der Waals surface area contributed by atoms with Gasteiger partial charge < -0.3 is 15.7 Å². The van der Waals surface area contributed by atoms with Crippen molar-refractivity contribution in [2.24, 2.45) is 4.99 Å². The van der Waals surface area contributed by atoms with Gasteiger partial charge >= 0.3 is 5.97 Å². The molecule has 0 aliphatic heterocycles. The topological polar surface area (TPSA) is 125 Å². The maximum absolute atomic E-state index is 13.0. The number of aliphatic imine (C=N–C) groups is 1. The summed E-state index contributed by atoms with van der Waals surface area (Å²) in [5.41, 5.74) is 2.05. The van der Waals surface area contributed by atoms with E-state index in [1.807, 2.05) is 49.4 Å². The van der Waals surface area contributed by atoms with Crippen LogP contribution in [0.3, 0.4) is 0 Å². The smallest absolute Gasteiger partial charge is 0.331 e. The third kappa shape index (κ3) is 6.01. The van der Waals surface area contributed by atoms with Gasteiger partial charge in [0.2, 0.25) is 0 Å². The van der Waals surface area contributed by atoms with Gasteiger partial charge in [-0.1, -0.05) is 48.5 Å². The van der Waals surface area contributed by atoms with Gasteiger partial charge in [-0.05, 0) is 65.4 Å². The number of fused-ring (bicyclic) bond motifs is 1. The molecule has 8 nitrogen and oxygen atoms in total. The second kappa shape index (κ2) is 11.6. The number of aryl methyl sites for hydroxylation is 1. The van der Waals surface area contributed by atoms with Crippen molar-refractivity contribution in [3.63, 3.8) is 0 Å². The van der Waals surface area contributed by atoms with Crippen LogP contribution in [0.5, 0.6) is 0 Å². The minimum Gasteiger partial charge on any atom is -0.479 e. The lowest BCUT2D eigenvalue weighted by atomic mass is 9.99. The van der Waals surface area contributed by atoms with Crippen LogP contribution in [-0.2, 0) is 4.79 Å². The summed E-state index contributed by atoms with van der Waals surface area (Å²) in [5, 5.41) is 18.7. The van der Waals surface area contributed by atoms with Crippen molar-refractivity contribution < 1.29 is 24.3 Å². The minimum absolute atomic E-state index is 0.202. The Labute approximate surface area is 223 Å². The van der Waals surface area contributed by atoms with Gasteiger partial charge in [0, 0.05) is 17.3 Å². The average molecular weight is 528 g/mol. The lowest BCUT2D eigenvalue weighted by molar-refractivity contribution is -0.137. The van der Waals surface area contributed by atoms with Crippen LogP contribution in [0.25, 0.3) is 10.8 Å². The van der Waals surface area contributed by atoms with E-state index < -0.39 is 23.8 Å². The number of carbonyl (C=O) groups is 4. The molecule has 0 aliphatic carbocycles. The molecule has 0 saturated heterocycles. The predicted molar refractivity (Wildman–Crippen MR) is 147 cm³/mol. The highest BCUT2D eigenvalue weighted by atomic mass is 32.1. The van der Waals surface area contributed by atoms with Crippen molar-refractivity contribution in [3.05, 3.63) is 105 Å². The Morgan fingerprint density at radius 1 is 0.921 bits per heavy atom. The molecule has 0 saturated carbocycles. The van der Waals surface area contributed by atoms with E-state index in [1.165, 1.54) is 23.5 Å². The molecule has 9 heteroatoms. The molecule has 192 valence electrons. The summed E-state index contributed by atoms with van der Waals surface area (Å²) >= 11 is 1.18. The first-order valence-corrected chi connectivity index (χ1v) is 12.7. The van der Waals surface area contributed by atoms with Crippen LogP contribution in [0, 0.1) is 6.92 Å². The van der Waals surface area contributed by atoms with Crippen LogP contribution in [0.15, 0.2) is 83.2 Å². The lowest BCUT2D eigenvalue weighted by Crippen LogP contribution is -2.42. The third-order valence-corrected chi connectivity index (χ3v) is 6.85. The molecule has 4 rings (SSSR count). The first-order valence-electron chi connectivity index (χ1n) is 11.8. The fourth-order valence-electron chi connectivity index (χ4n) is 4.03. The van der Waals surface area contributed by atoms with Gasteiger partial charge in [-0.15, -0.1) is 11.3 Å². The summed E-state index contributed by atoms with van der Waals surface area (Å²) in [4.78, 5) is 53.5. The quantitative estimate of drug-likeness (QED) is 0.284. The fraction of sp³-hybridized carbons (Fsp3) is 0.138. The van der Waals surface area contributed by atoms with E-state index in [2.05, 4.69) is 15.6 Å². The standard InChI is InChI=1S/C29H25N3O5S/c1-17-15-20(26(33)31-18(2)22-10-5-8-19-7-3-4-9-23(19)22)12-13-21(17)27(34)32-24(29(36)37)16-30-28(35)25-11-6-14-38-25/h3-16,18,24H,1-2H3,(H,31,33)(H,32,34)(H,36,37)/t18-,24+/m1/s1. The van der Waals surface area contributed by atoms with Crippen molar-refractivity contribution in [2.45, 2.75) is 25.9 Å². The third-order valence-electron chi connectivity index (χ3n) is 6.00. The highest BCUT2D eigenvalue weighted by Crippen LogP contribution is 2.24. The molecule has 1 heterocycles. The molecule has 0 unspecified atom stereocenters. The highest BCUT2D eigenvalue weighted by Gasteiger charge is 2.21. The maximum atomic E-state index is 13.0. The Hall–Kier alpha value is -4.63. The SMILES string of the molecule is Cc1cc(C(=O)N[C@H](C)c2cccc3ccccc23)ccc1C(=O)N[C@@H](C=NC(=O)c1cccs1)C(=O)O. The monoisotopic (exact) mass is 527 g/mol. The summed E-state index contributed by atoms with van der Waals surface area (Å²) < 4.78 is 0. The van der Waals surface area contributed by atoms with E-state index in [0.717, 1.165) is 22.6 Å². The lowest BCUT2D eigenvalue weighted by Gasteiger charge is -2.17. The molecular weight excluding hydrogens is 502 g/mol. The molecule has 3 aromatic carbocycles. The summed E-state index contributed by atoms with van der Waals surface area (Å²) in [5.74, 6) is -2.92. The minimum atomic E-state index is -1.50. The van der Waals surface area contributed by atoms with Crippen LogP contribution < -0.4 is 10.6 Å². The average Bonchev–Trinajstić information content (AvgIpc) is 3.45. The summed E-state index contributed by atoms with van der Waals surface area (Å²) in [7, 11) is 0. The van der Waals surface area contributed by atoms with Gasteiger partial charge in [-0.3, -0.25) is 14.4 Å². The summed E-state index contributed by atoms with van der Waals surface area (Å²) in [6.07, 6.45) is 0.897. The van der Waals surface area contributed by atoms with Crippen LogP contribution >= 0.6 is 11.3 Å². The van der Waals surface area contributed by atoms with Gasteiger partial charge in [-0.2, -0.15) is 0 Å². The highest BCUT2D eigenvalue weighted by molar-refractivity contribution is 7.12. The Bertz CT molecular complexity index is 1540. The van der Waals surface area contributed by atoms with Gasteiger partial charge in [0.05, 0.1) is 10.9 Å². The zero-order valence-electron chi connectivity index (χ0n) is 20.7. The van der Waals surface area contributed by atoms with Crippen LogP contribution in [0.4, 0.5) is 0 Å². The summed E-state index contributed by atoms with van der Waals surface area (Å²) in [6.45, 7) is 3.56. The summed E-state index contributed by atoms with van der Waals surface area (Å²) in [6, 6.07) is 19.9. The van der Waals surface area contributed by atoms with E-state index in [-0.39, 0.29) is 17.5 Å². The zero-order valence-corrected chi connectivity index (χ0v) is 21.5. The van der Waals surface area contributed by atoms with Gasteiger partial charge in [0.15, 0.2) is 6.04 Å². The van der Waals surface area contributed by atoms with Crippen LogP contribution in [0.1, 0.15) is 54.5 Å². The molecule has 4 aromatic rings. The van der Waals surface area contributed by atoms with Gasteiger partial charge in [-0.25, -0.2) is 9.79 Å². The number of carboxylic acid groups (broad SMARTS) is 1. The van der Waals surface area contributed by atoms with Gasteiger partial charge in [0.1, 0.15) is 0 Å². The number of hydrogen-bond donors (Lipinski definition) is 3. The van der Waals surface area contributed by atoms with E-state index in [9.17, 15) is 24.3 Å². The van der Waals surface area contributed by atoms with E-state index in [1.54, 1.807) is 30.5 Å². The van der Waals surface area contributed by atoms with Crippen molar-refractivity contribution >= 4 is 52.0 Å². The molecule has 2 atom stereocenters. The second-order valence-corrected chi connectivity index (χ2v) is 9.59. The van der Waals surface area contributed by atoms with E-state index >= 15 is 0 Å². The number of amides is 3. The molecule has 0 bridgehead atoms. The molecule has 0 aliphatic rings. The van der Waals surface area contributed by atoms with Crippen molar-refractivity contribution in [3.8, 4) is 0 Å². The molecule has 0 fully saturated rings. The Balaban J connectivity index is 1.44. The van der Waals surface area contributed by atoms with Crippen LogP contribution in [-0.4, -0.2) is 41.1 Å². The second-order valence-electron chi connectivity index (χ2n) is 8.64. The number of rotatable bonds is 8. The Kier molecular flexibility index (Phi) is 8.08. The molecule has 3 N–H and O–H groups in total. The number of benzene rings is 3. The first-order chi connectivity index (χ1) is 18.2. The normalized spacial score (nSPS) is 12.7. The molecular formula is C29H25N3O5S. The van der Waals surface area contributed by atoms with Crippen molar-refractivity contribution in [1.29, 1.82) is 0 Å². The largest absolute Gasteiger partial charge is 0.479 e. The number of carboxylic acids is 1. The zero-order chi connectivity index (χ0) is 27.2. The number of nitrogens with one attached hydrogen (secondary N) is 2. The van der Waals surface area contributed by atoms with Gasteiger partial charge in [0.25, 0.3) is 17.7 Å². The number of hydrogen-bond acceptors (Lipinski definition) is 5. The van der Waals surface area contributed by atoms with Crippen molar-refractivity contribution in [2.75, 3.05) is 0 Å². The fourth-order valence-corrected chi connectivity index (χ4v) is 4.65. The van der Waals surface area contributed by atoms with E-state index in [0.29, 0.717) is 16.0 Å². The Morgan fingerprint density at radius 2 is 1.68 bits per heavy atom. The van der Waals surface area contributed by atoms with Crippen LogP contribution in [0.2, 0.25) is 0 Å². The van der Waals surface area contributed by atoms with Crippen molar-refractivity contribution in [1.82, 2.24) is 10.6 Å². The number of aliphatic carboxylic acids is 1. The first kappa shape index (κ1) is 26.4. The molecule has 0 spiro atoms. The molecule has 38 heavy (non-hydrogen) atoms. The number of nitrogens with zero attached hydrogens (tertiary/aromatic N) is 1. The molecule has 3 amide bonds. The van der Waals surface area contributed by atoms with E-state index in [4.69, 9.17) is 0 Å². The number of carbonyl (C=O) groups excluding carboxylic acids is 3. The number of thiophene rings is 1. The molecule has 0 radical (unpaired) electrons. The predicted octanol–water partition coefficient (Wildman–Crippen LogP) is 4.79. The molecule has 1 aromatic heterocycles. The Morgan fingerprint density at radius 3 is 2.39 bits per heavy atom. The maximum Gasteiger partial charge on any atom is 0.331 e.